The summed E-state index contributed by atoms with van der Waals surface area (Å²) in [6.45, 7) is 5.86. The van der Waals surface area contributed by atoms with Crippen LogP contribution in [0.4, 0.5) is 0 Å². The Bertz CT molecular complexity index is 703. The van der Waals surface area contributed by atoms with Gasteiger partial charge in [0, 0.05) is 37.9 Å². The number of amides is 1. The van der Waals surface area contributed by atoms with E-state index in [0.717, 1.165) is 17.5 Å². The average Bonchev–Trinajstić information content (AvgIpc) is 2.62. The Kier molecular flexibility index (Phi) is 4.73. The summed E-state index contributed by atoms with van der Waals surface area (Å²) in [5.74, 6) is -0.0999. The van der Waals surface area contributed by atoms with E-state index in [2.05, 4.69) is 21.5 Å². The van der Waals surface area contributed by atoms with Gasteiger partial charge in [-0.15, -0.1) is 6.58 Å². The molecule has 0 spiro atoms. The molecule has 0 saturated heterocycles. The minimum atomic E-state index is -0.0999. The van der Waals surface area contributed by atoms with Crippen molar-refractivity contribution in [2.75, 3.05) is 13.2 Å². The van der Waals surface area contributed by atoms with E-state index >= 15 is 0 Å². The Balaban J connectivity index is 1.75. The Labute approximate surface area is 134 Å². The lowest BCUT2D eigenvalue weighted by Gasteiger charge is -2.29. The predicted octanol–water partition coefficient (Wildman–Crippen LogP) is 1.77. The Hall–Kier alpha value is -2.60. The third kappa shape index (κ3) is 3.43. The standard InChI is InChI=1S/C17H18N4O2/c1-2-7-23-12-14-9-19-8-13-11-21(6-3-15(13)14)17(22)16-10-18-4-5-20-16/h2,4-5,8-10H,1,3,6-7,11-12H2. The molecule has 0 aromatic carbocycles. The van der Waals surface area contributed by atoms with Crippen molar-refractivity contribution in [3.8, 4) is 0 Å². The fourth-order valence-electron chi connectivity index (χ4n) is 2.69. The number of hydrogen-bond donors (Lipinski definition) is 0. The Morgan fingerprint density at radius 1 is 1.30 bits per heavy atom. The highest BCUT2D eigenvalue weighted by Gasteiger charge is 2.24. The highest BCUT2D eigenvalue weighted by molar-refractivity contribution is 5.92. The number of nitrogens with zero attached hydrogens (tertiary/aromatic N) is 4. The van der Waals surface area contributed by atoms with Gasteiger partial charge in [-0.3, -0.25) is 14.8 Å². The molecular formula is C17H18N4O2. The number of rotatable bonds is 5. The van der Waals surface area contributed by atoms with Crippen LogP contribution in [0.15, 0.2) is 43.6 Å². The maximum atomic E-state index is 12.5. The molecule has 3 rings (SSSR count). The van der Waals surface area contributed by atoms with Crippen molar-refractivity contribution in [2.45, 2.75) is 19.6 Å². The summed E-state index contributed by atoms with van der Waals surface area (Å²) < 4.78 is 5.52. The maximum absolute atomic E-state index is 12.5. The van der Waals surface area contributed by atoms with Crippen LogP contribution in [-0.4, -0.2) is 38.9 Å². The third-order valence-corrected chi connectivity index (χ3v) is 3.79. The zero-order chi connectivity index (χ0) is 16.1. The molecule has 6 nitrogen and oxygen atoms in total. The molecule has 23 heavy (non-hydrogen) atoms. The van der Waals surface area contributed by atoms with Crippen LogP contribution < -0.4 is 0 Å². The van der Waals surface area contributed by atoms with E-state index in [9.17, 15) is 4.79 Å². The molecule has 1 amide bonds. The lowest BCUT2D eigenvalue weighted by molar-refractivity contribution is 0.0726. The van der Waals surface area contributed by atoms with Crippen LogP contribution in [-0.2, 0) is 24.3 Å². The van der Waals surface area contributed by atoms with Gasteiger partial charge in [0.05, 0.1) is 19.4 Å². The second kappa shape index (κ2) is 7.11. The third-order valence-electron chi connectivity index (χ3n) is 3.79. The van der Waals surface area contributed by atoms with E-state index in [1.807, 2.05) is 12.4 Å². The SMILES string of the molecule is C=CCOCc1cncc2c1CCN(C(=O)c1cnccn1)C2. The summed E-state index contributed by atoms with van der Waals surface area (Å²) in [7, 11) is 0. The van der Waals surface area contributed by atoms with Crippen molar-refractivity contribution in [3.63, 3.8) is 0 Å². The first-order valence-corrected chi connectivity index (χ1v) is 7.48. The molecule has 1 aliphatic heterocycles. The van der Waals surface area contributed by atoms with Crippen molar-refractivity contribution >= 4 is 5.91 Å². The number of aromatic nitrogens is 3. The largest absolute Gasteiger partial charge is 0.373 e. The van der Waals surface area contributed by atoms with Gasteiger partial charge in [0.2, 0.25) is 0 Å². The molecule has 6 heteroatoms. The van der Waals surface area contributed by atoms with Crippen LogP contribution in [0.3, 0.4) is 0 Å². The fraction of sp³-hybridized carbons (Fsp3) is 0.294. The molecule has 0 N–H and O–H groups in total. The van der Waals surface area contributed by atoms with Gasteiger partial charge >= 0.3 is 0 Å². The van der Waals surface area contributed by atoms with E-state index in [-0.39, 0.29) is 5.91 Å². The predicted molar refractivity (Wildman–Crippen MR) is 84.6 cm³/mol. The average molecular weight is 310 g/mol. The molecule has 1 aliphatic rings. The highest BCUT2D eigenvalue weighted by atomic mass is 16.5. The maximum Gasteiger partial charge on any atom is 0.274 e. The van der Waals surface area contributed by atoms with Gasteiger partial charge < -0.3 is 9.64 Å². The van der Waals surface area contributed by atoms with Crippen LogP contribution in [0.2, 0.25) is 0 Å². The fourth-order valence-corrected chi connectivity index (χ4v) is 2.69. The molecule has 0 bridgehead atoms. The highest BCUT2D eigenvalue weighted by Crippen LogP contribution is 2.23. The zero-order valence-electron chi connectivity index (χ0n) is 12.8. The molecular weight excluding hydrogens is 292 g/mol. The molecule has 0 fully saturated rings. The first-order chi connectivity index (χ1) is 11.3. The van der Waals surface area contributed by atoms with Gasteiger partial charge in [-0.05, 0) is 23.1 Å². The monoisotopic (exact) mass is 310 g/mol. The smallest absolute Gasteiger partial charge is 0.274 e. The summed E-state index contributed by atoms with van der Waals surface area (Å²) in [4.78, 5) is 26.6. The number of pyridine rings is 1. The second-order valence-corrected chi connectivity index (χ2v) is 5.31. The molecule has 2 aromatic rings. The summed E-state index contributed by atoms with van der Waals surface area (Å²) in [6.07, 6.45) is 10.8. The lowest BCUT2D eigenvalue weighted by Crippen LogP contribution is -2.37. The number of carbonyl (C=O) groups is 1. The molecule has 0 atom stereocenters. The molecule has 0 saturated carbocycles. The van der Waals surface area contributed by atoms with Crippen molar-refractivity contribution in [1.82, 2.24) is 19.9 Å². The van der Waals surface area contributed by atoms with Crippen molar-refractivity contribution in [1.29, 1.82) is 0 Å². The first kappa shape index (κ1) is 15.3. The summed E-state index contributed by atoms with van der Waals surface area (Å²) in [5, 5.41) is 0. The summed E-state index contributed by atoms with van der Waals surface area (Å²) in [6, 6.07) is 0. The molecule has 3 heterocycles. The molecule has 0 radical (unpaired) electrons. The number of fused-ring (bicyclic) bond motifs is 1. The molecule has 2 aromatic heterocycles. The van der Waals surface area contributed by atoms with E-state index in [4.69, 9.17) is 4.74 Å². The number of ether oxygens (including phenoxy) is 1. The lowest BCUT2D eigenvalue weighted by atomic mass is 9.97. The van der Waals surface area contributed by atoms with Gasteiger partial charge in [0.1, 0.15) is 5.69 Å². The minimum Gasteiger partial charge on any atom is -0.373 e. The van der Waals surface area contributed by atoms with Crippen molar-refractivity contribution in [2.24, 2.45) is 0 Å². The Morgan fingerprint density at radius 2 is 2.22 bits per heavy atom. The topological polar surface area (TPSA) is 68.2 Å². The quantitative estimate of drug-likeness (QED) is 0.622. The molecule has 0 unspecified atom stereocenters. The number of carbonyl (C=O) groups excluding carboxylic acids is 1. The van der Waals surface area contributed by atoms with Gasteiger partial charge in [0.15, 0.2) is 0 Å². The van der Waals surface area contributed by atoms with Gasteiger partial charge in [-0.1, -0.05) is 6.08 Å². The summed E-state index contributed by atoms with van der Waals surface area (Å²) in [5.41, 5.74) is 3.74. The van der Waals surface area contributed by atoms with E-state index in [1.54, 1.807) is 17.2 Å². The second-order valence-electron chi connectivity index (χ2n) is 5.31. The van der Waals surface area contributed by atoms with Gasteiger partial charge in [0.25, 0.3) is 5.91 Å². The van der Waals surface area contributed by atoms with E-state index < -0.39 is 0 Å². The van der Waals surface area contributed by atoms with Crippen LogP contribution >= 0.6 is 0 Å². The van der Waals surface area contributed by atoms with Crippen LogP contribution in [0.1, 0.15) is 27.2 Å². The van der Waals surface area contributed by atoms with Crippen LogP contribution in [0.5, 0.6) is 0 Å². The van der Waals surface area contributed by atoms with Crippen molar-refractivity contribution < 1.29 is 9.53 Å². The normalized spacial score (nSPS) is 13.5. The zero-order valence-corrected chi connectivity index (χ0v) is 12.8. The van der Waals surface area contributed by atoms with Crippen LogP contribution in [0, 0.1) is 0 Å². The number of hydrogen-bond acceptors (Lipinski definition) is 5. The van der Waals surface area contributed by atoms with Gasteiger partial charge in [-0.25, -0.2) is 4.98 Å². The molecule has 0 aliphatic carbocycles. The van der Waals surface area contributed by atoms with Crippen LogP contribution in [0.25, 0.3) is 0 Å². The first-order valence-electron chi connectivity index (χ1n) is 7.48. The van der Waals surface area contributed by atoms with Gasteiger partial charge in [-0.2, -0.15) is 0 Å². The summed E-state index contributed by atoms with van der Waals surface area (Å²) >= 11 is 0. The van der Waals surface area contributed by atoms with E-state index in [0.29, 0.717) is 32.0 Å². The minimum absolute atomic E-state index is 0.0999. The molecule has 118 valence electrons. The Morgan fingerprint density at radius 3 is 3.00 bits per heavy atom. The van der Waals surface area contributed by atoms with E-state index in [1.165, 1.54) is 18.0 Å². The van der Waals surface area contributed by atoms with Crippen molar-refractivity contribution in [3.05, 3.63) is 66.0 Å².